The third-order valence-electron chi connectivity index (χ3n) is 27.3. The zero-order valence-corrected chi connectivity index (χ0v) is 76.6. The molecule has 4 fully saturated rings. The largest absolute Gasteiger partial charge is 0.430 e. The Morgan fingerprint density at radius 3 is 1.01 bits per heavy atom. The third-order valence-corrected chi connectivity index (χ3v) is 34.9. The van der Waals surface area contributed by atoms with Gasteiger partial charge in [0, 0.05) is 63.8 Å². The Hall–Kier alpha value is -11.8. The maximum absolute atomic E-state index is 16.6. The van der Waals surface area contributed by atoms with Gasteiger partial charge in [0.05, 0.1) is 46.6 Å². The highest BCUT2D eigenvalue weighted by molar-refractivity contribution is 7.93. The number of amides is 3. The zero-order chi connectivity index (χ0) is 106. The number of nitrogens with zero attached hydrogens (tertiary/aromatic N) is 2. The Morgan fingerprint density at radius 2 is 0.688 bits per heavy atom. The van der Waals surface area contributed by atoms with Gasteiger partial charge in [-0.2, -0.15) is 89.6 Å². The molecule has 3 unspecified atom stereocenters. The lowest BCUT2D eigenvalue weighted by Crippen LogP contribution is -2.56. The van der Waals surface area contributed by atoms with E-state index in [0.29, 0.717) is 127 Å². The number of hydrogen-bond acceptors (Lipinski definition) is 15. The van der Waals surface area contributed by atoms with Crippen LogP contribution in [0.2, 0.25) is 0 Å². The Balaban J connectivity index is 0.789. The van der Waals surface area contributed by atoms with Gasteiger partial charge in [-0.25, -0.2) is 64.8 Å². The van der Waals surface area contributed by atoms with Crippen LogP contribution in [0.3, 0.4) is 0 Å². The Morgan fingerprint density at radius 1 is 0.389 bits per heavy atom. The molecule has 4 saturated carbocycles. The molecule has 4 aliphatic rings. The van der Waals surface area contributed by atoms with E-state index in [1.165, 1.54) is 0 Å². The first-order chi connectivity index (χ1) is 66.9. The second kappa shape index (κ2) is 39.5. The molecule has 0 aromatic heterocycles. The number of hydrogen-bond donors (Lipinski definition) is 4. The fraction of sp³-hybridized carbons (Fsp3) is 0.385. The van der Waals surface area contributed by atoms with Crippen LogP contribution in [0, 0.1) is 80.4 Å². The van der Waals surface area contributed by atoms with Crippen molar-refractivity contribution in [1.29, 1.82) is 10.5 Å². The molecule has 0 heterocycles. The first-order valence-electron chi connectivity index (χ1n) is 43.3. The van der Waals surface area contributed by atoms with Gasteiger partial charge in [0.1, 0.15) is 78.4 Å². The maximum atomic E-state index is 16.6. The van der Waals surface area contributed by atoms with Gasteiger partial charge in [-0.15, -0.1) is 0 Å². The number of carbonyl (C=O) groups excluding carboxylic acids is 3. The van der Waals surface area contributed by atoms with Crippen molar-refractivity contribution < 1.29 is 177 Å². The van der Waals surface area contributed by atoms with Crippen molar-refractivity contribution in [3.05, 3.63) is 302 Å². The molecular weight excluding hydrogens is 2040 g/mol. The van der Waals surface area contributed by atoms with Gasteiger partial charge in [-0.3, -0.25) is 14.4 Å². The summed E-state index contributed by atoms with van der Waals surface area (Å²) in [5, 5.41) is 39.6. The summed E-state index contributed by atoms with van der Waals surface area (Å²) in [6.07, 6.45) is -49.4. The normalized spacial score (nSPS) is 21.8. The standard InChI is InChI=1S/C96H78F27N5O13S3/c1-83(52-125,47-53-45-65(27-29-72(53)98)143(135,136)85(38-31-61(32-39-85)126-80(129)37-44-124)55-13-19-58(20-14-55)89(93(112,113)114,94(115,116)117)140-50-69-75(101)7-3-8-76(69)102)81(130)127-62-33-42-86(43-34-62,56-15-21-59(22-16-56)90(95(118,119)120,96(121,122)123)141-51-70-77(103)9-4-10-78(70)104)144(137,138)66-28-30-79(105)67(46-66)71-48-87(71,132)82(131)128-63-35-40-84(41-36-63,142(133,134)64-25-23-60(97)24-26-64)54-11-17-57(18-12-54)88(91(106,107)108,92(109,110)111)139-49-68-73(99)5-2-6-74(68)100/h2-30,45-46,61-63,71,132H,31-43,47-51H2,1H3,(H,126,129)(H,127,130)(H,128,131). The summed E-state index contributed by atoms with van der Waals surface area (Å²) in [6, 6.07) is 15.4. The molecule has 9 aromatic carbocycles. The number of alkyl halides is 18. The Kier molecular flexibility index (Phi) is 30.0. The van der Waals surface area contributed by atoms with E-state index in [4.69, 9.17) is 5.26 Å². The van der Waals surface area contributed by atoms with Crippen LogP contribution in [-0.4, -0.2) is 109 Å². The predicted molar refractivity (Wildman–Crippen MR) is 451 cm³/mol. The molecule has 4 N–H and O–H groups in total. The SMILES string of the molecule is CC(C#N)(Cc1cc(S(=O)(=O)C2(c3ccc(C(OCc4c(F)cccc4F)(C(F)(F)F)C(F)(F)F)cc3)CCC(NC(=O)CC#N)CC2)ccc1F)C(=O)NC1CCC(c2ccc(C(OCc3c(F)cccc3F)(C(F)(F)F)C(F)(F)F)cc2)(S(=O)(=O)c2ccc(F)c(C3CC3(O)C(=O)NC3CCC(c4ccc(C(OCc5c(F)cccc5F)(C(F)(F)F)C(F)(F)F)cc4)(S(=O)(=O)c4ccc(F)cc4)CC3)c2)CC1. The molecule has 4 aliphatic carbocycles. The summed E-state index contributed by atoms with van der Waals surface area (Å²) >= 11 is 0. The number of nitriles is 2. The molecule has 0 radical (unpaired) electrons. The highest BCUT2D eigenvalue weighted by atomic mass is 32.2. The van der Waals surface area contributed by atoms with E-state index in [2.05, 4.69) is 30.2 Å². The van der Waals surface area contributed by atoms with Crippen LogP contribution in [0.25, 0.3) is 0 Å². The van der Waals surface area contributed by atoms with E-state index in [0.717, 1.165) is 31.2 Å². The van der Waals surface area contributed by atoms with Crippen molar-refractivity contribution in [3.63, 3.8) is 0 Å². The maximum Gasteiger partial charge on any atom is 0.430 e. The molecule has 144 heavy (non-hydrogen) atoms. The lowest BCUT2D eigenvalue weighted by atomic mass is 9.78. The number of nitrogens with one attached hydrogen (secondary N) is 3. The molecule has 3 atom stereocenters. The average Bonchev–Trinajstić information content (AvgIpc) is 1.42. The summed E-state index contributed by atoms with van der Waals surface area (Å²) in [6.45, 7) is -5.13. The topological polar surface area (TPSA) is 285 Å². The van der Waals surface area contributed by atoms with Gasteiger partial charge >= 0.3 is 37.1 Å². The quantitative estimate of drug-likeness (QED) is 0.0240. The molecule has 0 aliphatic heterocycles. The van der Waals surface area contributed by atoms with Crippen LogP contribution in [-0.2, 0) is 115 Å². The van der Waals surface area contributed by atoms with Crippen molar-refractivity contribution in [2.45, 2.75) is 235 Å². The number of sulfone groups is 3. The van der Waals surface area contributed by atoms with Crippen molar-refractivity contribution in [1.82, 2.24) is 16.0 Å². The van der Waals surface area contributed by atoms with E-state index < -0.39 is 382 Å². The van der Waals surface area contributed by atoms with Crippen LogP contribution in [0.1, 0.15) is 164 Å². The fourth-order valence-electron chi connectivity index (χ4n) is 19.1. The second-order valence-electron chi connectivity index (χ2n) is 35.6. The predicted octanol–water partition coefficient (Wildman–Crippen LogP) is 21.3. The number of benzene rings is 9. The van der Waals surface area contributed by atoms with E-state index >= 15 is 105 Å². The molecule has 0 bridgehead atoms. The molecule has 772 valence electrons. The number of ether oxygens (including phenoxy) is 3. The van der Waals surface area contributed by atoms with E-state index in [1.807, 2.05) is 0 Å². The molecule has 13 rings (SSSR count). The first-order valence-corrected chi connectivity index (χ1v) is 47.8. The molecular formula is C96H78F27N5O13S3. The molecule has 3 amide bonds. The molecule has 0 saturated heterocycles. The minimum absolute atomic E-state index is 0.104. The number of aliphatic hydroxyl groups is 1. The van der Waals surface area contributed by atoms with Crippen molar-refractivity contribution >= 4 is 47.2 Å². The van der Waals surface area contributed by atoms with Gasteiger partial charge in [0.25, 0.3) is 22.7 Å². The van der Waals surface area contributed by atoms with Crippen LogP contribution in [0.15, 0.2) is 203 Å². The van der Waals surface area contributed by atoms with Gasteiger partial charge in [-0.1, -0.05) is 91.0 Å². The minimum atomic E-state index is -6.60. The molecule has 9 aromatic rings. The smallest absolute Gasteiger partial charge is 0.379 e. The average molecular weight is 2120 g/mol. The minimum Gasteiger partial charge on any atom is -0.379 e. The summed E-state index contributed by atoms with van der Waals surface area (Å²) in [4.78, 5) is 39.4. The monoisotopic (exact) mass is 2120 g/mol. The summed E-state index contributed by atoms with van der Waals surface area (Å²) < 4.78 is 509. The van der Waals surface area contributed by atoms with E-state index in [1.54, 1.807) is 12.1 Å². The van der Waals surface area contributed by atoms with Crippen molar-refractivity contribution in [2.75, 3.05) is 0 Å². The highest BCUT2D eigenvalue weighted by Gasteiger charge is 2.77. The number of rotatable bonds is 30. The lowest BCUT2D eigenvalue weighted by Gasteiger charge is -2.41. The van der Waals surface area contributed by atoms with Crippen molar-refractivity contribution in [2.24, 2.45) is 5.41 Å². The first kappa shape index (κ1) is 109. The van der Waals surface area contributed by atoms with Crippen molar-refractivity contribution in [3.8, 4) is 12.1 Å². The molecule has 48 heteroatoms. The van der Waals surface area contributed by atoms with Gasteiger partial charge < -0.3 is 35.3 Å². The summed E-state index contributed by atoms with van der Waals surface area (Å²) in [5.41, 5.74) is -34.5. The van der Waals surface area contributed by atoms with Crippen LogP contribution in [0.4, 0.5) is 119 Å². The number of carbonyl (C=O) groups is 3. The highest BCUT2D eigenvalue weighted by Crippen LogP contribution is 2.61. The Bertz CT molecular complexity index is 6710. The summed E-state index contributed by atoms with van der Waals surface area (Å²) in [7, 11) is -15.8. The number of halogens is 27. The van der Waals surface area contributed by atoms with E-state index in [9.17, 15) is 63.9 Å². The van der Waals surface area contributed by atoms with Crippen LogP contribution < -0.4 is 16.0 Å². The molecule has 18 nitrogen and oxygen atoms in total. The van der Waals surface area contributed by atoms with Crippen LogP contribution in [0.5, 0.6) is 0 Å². The second-order valence-corrected chi connectivity index (χ2v) is 42.4. The molecule has 0 spiro atoms. The lowest BCUT2D eigenvalue weighted by molar-refractivity contribution is -0.393. The Labute approximate surface area is 802 Å². The van der Waals surface area contributed by atoms with E-state index in [-0.39, 0.29) is 49.2 Å². The van der Waals surface area contributed by atoms with Gasteiger partial charge in [0.15, 0.2) is 35.1 Å². The summed E-state index contributed by atoms with van der Waals surface area (Å²) in [5.74, 6) is -18.8. The van der Waals surface area contributed by atoms with Gasteiger partial charge in [-0.05, 0) is 215 Å². The van der Waals surface area contributed by atoms with Gasteiger partial charge in [0.2, 0.25) is 11.8 Å². The van der Waals surface area contributed by atoms with Crippen LogP contribution >= 0.6 is 0 Å². The fourth-order valence-corrected chi connectivity index (χ4v) is 25.7. The third kappa shape index (κ3) is 19.6. The zero-order valence-electron chi connectivity index (χ0n) is 74.1.